The first-order chi connectivity index (χ1) is 10.7. The number of nitrogens with zero attached hydrogens (tertiary/aromatic N) is 2. The predicted molar refractivity (Wildman–Crippen MR) is 80.2 cm³/mol. The summed E-state index contributed by atoms with van der Waals surface area (Å²) in [7, 11) is 0. The summed E-state index contributed by atoms with van der Waals surface area (Å²) in [6.45, 7) is 0.948. The van der Waals surface area contributed by atoms with Gasteiger partial charge in [-0.25, -0.2) is 0 Å². The second-order valence-corrected chi connectivity index (χ2v) is 5.57. The summed E-state index contributed by atoms with van der Waals surface area (Å²) in [4.78, 5) is 16.0. The number of amides is 1. The van der Waals surface area contributed by atoms with Crippen molar-refractivity contribution in [3.63, 3.8) is 0 Å². The Balaban J connectivity index is 1.54. The van der Waals surface area contributed by atoms with Crippen LogP contribution in [0.4, 0.5) is 0 Å². The normalized spacial score (nSPS) is 17.6. The van der Waals surface area contributed by atoms with E-state index < -0.39 is 0 Å². The second-order valence-electron chi connectivity index (χ2n) is 5.14. The molecular weight excluding hydrogens is 306 g/mol. The highest BCUT2D eigenvalue weighted by molar-refractivity contribution is 6.30. The third kappa shape index (κ3) is 3.84. The molecule has 1 aromatic heterocycles. The molecule has 1 amide bonds. The average molecular weight is 322 g/mol. The maximum atomic E-state index is 11.8. The van der Waals surface area contributed by atoms with Crippen LogP contribution < -0.4 is 5.32 Å². The number of benzene rings is 1. The van der Waals surface area contributed by atoms with E-state index in [1.54, 1.807) is 12.1 Å². The Morgan fingerprint density at radius 1 is 1.45 bits per heavy atom. The van der Waals surface area contributed by atoms with E-state index in [-0.39, 0.29) is 18.6 Å². The summed E-state index contributed by atoms with van der Waals surface area (Å²) < 4.78 is 10.6. The monoisotopic (exact) mass is 321 g/mol. The SMILES string of the molecule is O=C(C[C@H]1CCCO1)NCc1nc(-c2cccc(Cl)c2)no1. The van der Waals surface area contributed by atoms with Gasteiger partial charge in [-0.05, 0) is 25.0 Å². The molecule has 1 aromatic carbocycles. The molecule has 0 spiro atoms. The van der Waals surface area contributed by atoms with E-state index in [4.69, 9.17) is 20.9 Å². The van der Waals surface area contributed by atoms with Gasteiger partial charge in [-0.2, -0.15) is 4.98 Å². The largest absolute Gasteiger partial charge is 0.378 e. The molecule has 2 aromatic rings. The van der Waals surface area contributed by atoms with Crippen molar-refractivity contribution in [1.82, 2.24) is 15.5 Å². The fourth-order valence-electron chi connectivity index (χ4n) is 2.33. The summed E-state index contributed by atoms with van der Waals surface area (Å²) in [5, 5.41) is 7.25. The topological polar surface area (TPSA) is 77.2 Å². The maximum absolute atomic E-state index is 11.8. The predicted octanol–water partition coefficient (Wildman–Crippen LogP) is 2.58. The molecule has 0 aliphatic carbocycles. The molecule has 3 rings (SSSR count). The lowest BCUT2D eigenvalue weighted by atomic mass is 10.2. The zero-order chi connectivity index (χ0) is 15.4. The molecular formula is C15H16ClN3O3. The molecule has 6 nitrogen and oxygen atoms in total. The van der Waals surface area contributed by atoms with Gasteiger partial charge in [0.05, 0.1) is 19.1 Å². The fourth-order valence-corrected chi connectivity index (χ4v) is 2.52. The highest BCUT2D eigenvalue weighted by Gasteiger charge is 2.19. The molecule has 22 heavy (non-hydrogen) atoms. The minimum atomic E-state index is -0.0746. The Morgan fingerprint density at radius 3 is 3.14 bits per heavy atom. The third-order valence-electron chi connectivity index (χ3n) is 3.42. The smallest absolute Gasteiger partial charge is 0.246 e. The van der Waals surface area contributed by atoms with E-state index >= 15 is 0 Å². The van der Waals surface area contributed by atoms with Crippen molar-refractivity contribution in [2.75, 3.05) is 6.61 Å². The molecule has 0 unspecified atom stereocenters. The van der Waals surface area contributed by atoms with Crippen molar-refractivity contribution < 1.29 is 14.1 Å². The Morgan fingerprint density at radius 2 is 2.36 bits per heavy atom. The molecule has 0 saturated carbocycles. The lowest BCUT2D eigenvalue weighted by molar-refractivity contribution is -0.123. The second kappa shape index (κ2) is 6.89. The minimum Gasteiger partial charge on any atom is -0.378 e. The van der Waals surface area contributed by atoms with Crippen LogP contribution in [0.3, 0.4) is 0 Å². The summed E-state index contributed by atoms with van der Waals surface area (Å²) in [6.07, 6.45) is 2.36. The Labute approximate surface area is 132 Å². The highest BCUT2D eigenvalue weighted by atomic mass is 35.5. The van der Waals surface area contributed by atoms with Gasteiger partial charge in [0.15, 0.2) is 0 Å². The third-order valence-corrected chi connectivity index (χ3v) is 3.66. The van der Waals surface area contributed by atoms with E-state index in [9.17, 15) is 4.79 Å². The molecule has 0 bridgehead atoms. The maximum Gasteiger partial charge on any atom is 0.246 e. The van der Waals surface area contributed by atoms with Gasteiger partial charge in [0, 0.05) is 17.2 Å². The number of carbonyl (C=O) groups is 1. The van der Waals surface area contributed by atoms with Crippen LogP contribution in [-0.2, 0) is 16.1 Å². The Hall–Kier alpha value is -1.92. The summed E-state index contributed by atoms with van der Waals surface area (Å²) in [5.41, 5.74) is 0.771. The van der Waals surface area contributed by atoms with Crippen molar-refractivity contribution in [2.45, 2.75) is 31.9 Å². The molecule has 116 valence electrons. The van der Waals surface area contributed by atoms with Gasteiger partial charge in [-0.15, -0.1) is 0 Å². The molecule has 1 atom stereocenters. The lowest BCUT2D eigenvalue weighted by Gasteiger charge is -2.08. The number of hydrogen-bond donors (Lipinski definition) is 1. The van der Waals surface area contributed by atoms with Gasteiger partial charge < -0.3 is 14.6 Å². The van der Waals surface area contributed by atoms with Crippen LogP contribution in [0, 0.1) is 0 Å². The van der Waals surface area contributed by atoms with E-state index in [0.29, 0.717) is 23.2 Å². The molecule has 0 radical (unpaired) electrons. The standard InChI is InChI=1S/C15H16ClN3O3/c16-11-4-1-3-10(7-11)15-18-14(22-19-15)9-17-13(20)8-12-5-2-6-21-12/h1,3-4,7,12H,2,5-6,8-9H2,(H,17,20)/t12-/m1/s1. The van der Waals surface area contributed by atoms with Crippen molar-refractivity contribution in [1.29, 1.82) is 0 Å². The van der Waals surface area contributed by atoms with Crippen LogP contribution in [0.25, 0.3) is 11.4 Å². The number of hydrogen-bond acceptors (Lipinski definition) is 5. The molecule has 2 heterocycles. The summed E-state index contributed by atoms with van der Waals surface area (Å²) in [6, 6.07) is 7.19. The van der Waals surface area contributed by atoms with Crippen LogP contribution in [0.5, 0.6) is 0 Å². The fraction of sp³-hybridized carbons (Fsp3) is 0.400. The van der Waals surface area contributed by atoms with E-state index in [1.165, 1.54) is 0 Å². The van der Waals surface area contributed by atoms with Gasteiger partial charge in [-0.3, -0.25) is 4.79 Å². The zero-order valence-electron chi connectivity index (χ0n) is 11.9. The number of halogens is 1. The molecule has 1 saturated heterocycles. The number of carbonyl (C=O) groups excluding carboxylic acids is 1. The first kappa shape index (κ1) is 15.0. The molecule has 1 aliphatic heterocycles. The van der Waals surface area contributed by atoms with E-state index in [0.717, 1.165) is 25.0 Å². The molecule has 1 aliphatic rings. The number of nitrogens with one attached hydrogen (secondary N) is 1. The van der Waals surface area contributed by atoms with Gasteiger partial charge in [0.25, 0.3) is 0 Å². The quantitative estimate of drug-likeness (QED) is 0.915. The van der Waals surface area contributed by atoms with Gasteiger partial charge in [0.1, 0.15) is 0 Å². The zero-order valence-corrected chi connectivity index (χ0v) is 12.7. The van der Waals surface area contributed by atoms with E-state index in [1.807, 2.05) is 12.1 Å². The van der Waals surface area contributed by atoms with Gasteiger partial charge in [0.2, 0.25) is 17.6 Å². The first-order valence-electron chi connectivity index (χ1n) is 7.17. The minimum absolute atomic E-state index is 0.0321. The van der Waals surface area contributed by atoms with Crippen LogP contribution >= 0.6 is 11.6 Å². The van der Waals surface area contributed by atoms with Crippen LogP contribution in [-0.4, -0.2) is 28.8 Å². The highest BCUT2D eigenvalue weighted by Crippen LogP contribution is 2.20. The Kier molecular flexibility index (Phi) is 4.70. The number of aromatic nitrogens is 2. The number of ether oxygens (including phenoxy) is 1. The van der Waals surface area contributed by atoms with Crippen LogP contribution in [0.2, 0.25) is 5.02 Å². The van der Waals surface area contributed by atoms with Crippen molar-refractivity contribution in [3.8, 4) is 11.4 Å². The van der Waals surface area contributed by atoms with E-state index in [2.05, 4.69) is 15.5 Å². The van der Waals surface area contributed by atoms with Crippen molar-refractivity contribution >= 4 is 17.5 Å². The molecule has 7 heteroatoms. The lowest BCUT2D eigenvalue weighted by Crippen LogP contribution is -2.26. The van der Waals surface area contributed by atoms with Crippen molar-refractivity contribution in [3.05, 3.63) is 35.2 Å². The molecule has 1 fully saturated rings. The average Bonchev–Trinajstić information content (AvgIpc) is 3.16. The Bertz CT molecular complexity index is 653. The summed E-state index contributed by atoms with van der Waals surface area (Å²) in [5.74, 6) is 0.732. The number of rotatable bonds is 5. The van der Waals surface area contributed by atoms with Crippen LogP contribution in [0.15, 0.2) is 28.8 Å². The van der Waals surface area contributed by atoms with Gasteiger partial charge in [-0.1, -0.05) is 28.9 Å². The summed E-state index contributed by atoms with van der Waals surface area (Å²) >= 11 is 5.93. The molecule has 1 N–H and O–H groups in total. The van der Waals surface area contributed by atoms with Crippen LogP contribution in [0.1, 0.15) is 25.2 Å². The first-order valence-corrected chi connectivity index (χ1v) is 7.55. The van der Waals surface area contributed by atoms with Gasteiger partial charge >= 0.3 is 0 Å². The van der Waals surface area contributed by atoms with Crippen molar-refractivity contribution in [2.24, 2.45) is 0 Å².